The number of aromatic amines is 1. The Morgan fingerprint density at radius 2 is 1.82 bits per heavy atom. The molecule has 0 saturated carbocycles. The molecule has 2 heterocycles. The molecule has 38 heavy (non-hydrogen) atoms. The van der Waals surface area contributed by atoms with E-state index in [4.69, 9.17) is 18.5 Å². The van der Waals surface area contributed by atoms with Gasteiger partial charge in [-0.05, 0) is 24.6 Å². The molecule has 0 bridgehead atoms. The number of aliphatic hydroxyl groups excluding tert-OH is 1. The summed E-state index contributed by atoms with van der Waals surface area (Å²) in [5, 5.41) is 13.1. The molecule has 1 aromatic heterocycles. The summed E-state index contributed by atoms with van der Waals surface area (Å²) in [4.78, 5) is 25.9. The van der Waals surface area contributed by atoms with Gasteiger partial charge in [0.25, 0.3) is 5.56 Å². The highest BCUT2D eigenvalue weighted by Crippen LogP contribution is 2.45. The minimum atomic E-state index is -4.03. The number of aromatic nitrogens is 2. The first-order chi connectivity index (χ1) is 18.3. The van der Waals surface area contributed by atoms with Crippen LogP contribution in [0.5, 0.6) is 5.75 Å². The molecule has 1 saturated heterocycles. The Labute approximate surface area is 217 Å². The molecule has 204 valence electrons. The number of halogens is 1. The Hall–Kier alpha value is -3.12. The summed E-state index contributed by atoms with van der Waals surface area (Å²) in [5.41, 5.74) is -0.365. The second-order valence-corrected chi connectivity index (χ2v) is 10.4. The Kier molecular flexibility index (Phi) is 9.26. The van der Waals surface area contributed by atoms with Crippen LogP contribution in [0.1, 0.15) is 17.4 Å². The van der Waals surface area contributed by atoms with Gasteiger partial charge in [0.15, 0.2) is 12.4 Å². The predicted octanol–water partition coefficient (Wildman–Crippen LogP) is 2.45. The van der Waals surface area contributed by atoms with Gasteiger partial charge in [0.2, 0.25) is 0 Å². The van der Waals surface area contributed by atoms with Gasteiger partial charge in [-0.1, -0.05) is 48.5 Å². The number of H-pyrrole nitrogens is 1. The van der Waals surface area contributed by atoms with E-state index in [1.807, 2.05) is 30.3 Å². The summed E-state index contributed by atoms with van der Waals surface area (Å²) >= 11 is 0. The van der Waals surface area contributed by atoms with Crippen LogP contribution in [-0.4, -0.2) is 52.8 Å². The van der Waals surface area contributed by atoms with Crippen LogP contribution in [0.15, 0.2) is 76.4 Å². The standard InChI is InChI=1S/C25H29FN3O8P/c1-17-14-29(25(32)28-23(17)31)24-21(26)22(30)20(36-24)16-35-38(33,37-19-10-6-3-7-11-19)27-12-13-34-15-18-8-4-2-5-9-18/h2-11,14,20-22,24,30H,12-13,15-16H2,1H3,(H,27,33)(H,28,31,32)/t20-,21+,22-,24-,38?/m0/s1. The average molecular weight is 549 g/mol. The summed E-state index contributed by atoms with van der Waals surface area (Å²) in [6, 6.07) is 17.8. The van der Waals surface area contributed by atoms with Gasteiger partial charge in [-0.25, -0.2) is 18.8 Å². The molecule has 13 heteroatoms. The lowest BCUT2D eigenvalue weighted by Crippen LogP contribution is -2.36. The van der Waals surface area contributed by atoms with Crippen LogP contribution in [0.3, 0.4) is 0 Å². The van der Waals surface area contributed by atoms with Crippen molar-refractivity contribution in [2.24, 2.45) is 0 Å². The summed E-state index contributed by atoms with van der Waals surface area (Å²) in [5.74, 6) is 0.262. The van der Waals surface area contributed by atoms with E-state index in [0.29, 0.717) is 6.61 Å². The number of para-hydroxylation sites is 1. The normalized spacial score (nSPS) is 22.7. The molecule has 0 amide bonds. The lowest BCUT2D eigenvalue weighted by Gasteiger charge is -2.22. The van der Waals surface area contributed by atoms with Crippen molar-refractivity contribution in [3.05, 3.63) is 98.8 Å². The van der Waals surface area contributed by atoms with Crippen LogP contribution in [0.4, 0.5) is 4.39 Å². The van der Waals surface area contributed by atoms with E-state index < -0.39 is 50.2 Å². The third kappa shape index (κ3) is 7.04. The van der Waals surface area contributed by atoms with E-state index in [1.165, 1.54) is 6.92 Å². The van der Waals surface area contributed by atoms with E-state index in [0.717, 1.165) is 16.3 Å². The van der Waals surface area contributed by atoms with Gasteiger partial charge >= 0.3 is 13.4 Å². The fourth-order valence-corrected chi connectivity index (χ4v) is 5.07. The van der Waals surface area contributed by atoms with Crippen molar-refractivity contribution in [2.45, 2.75) is 38.1 Å². The van der Waals surface area contributed by atoms with E-state index in [-0.39, 0.29) is 24.5 Å². The van der Waals surface area contributed by atoms with Crippen LogP contribution in [-0.2, 0) is 25.2 Å². The molecule has 11 nitrogen and oxygen atoms in total. The molecule has 0 radical (unpaired) electrons. The van der Waals surface area contributed by atoms with Crippen molar-refractivity contribution in [3.8, 4) is 5.75 Å². The highest BCUT2D eigenvalue weighted by molar-refractivity contribution is 7.52. The van der Waals surface area contributed by atoms with E-state index in [1.54, 1.807) is 30.3 Å². The molecule has 5 atom stereocenters. The first kappa shape index (κ1) is 27.9. The highest BCUT2D eigenvalue weighted by atomic mass is 31.2. The van der Waals surface area contributed by atoms with Crippen LogP contribution in [0, 0.1) is 6.92 Å². The minimum Gasteiger partial charge on any atom is -0.413 e. The maximum atomic E-state index is 14.9. The Balaban J connectivity index is 1.39. The molecular formula is C25H29FN3O8P. The molecule has 0 aliphatic carbocycles. The van der Waals surface area contributed by atoms with E-state index >= 15 is 0 Å². The molecule has 4 rings (SSSR count). The molecular weight excluding hydrogens is 520 g/mol. The lowest BCUT2D eigenvalue weighted by molar-refractivity contribution is -0.0462. The van der Waals surface area contributed by atoms with Crippen molar-refractivity contribution in [1.82, 2.24) is 14.6 Å². The number of aryl methyl sites for hydroxylation is 1. The number of benzene rings is 2. The molecule has 1 aliphatic heterocycles. The topological polar surface area (TPSA) is 141 Å². The Bertz CT molecular complexity index is 1350. The molecule has 1 aliphatic rings. The predicted molar refractivity (Wildman–Crippen MR) is 136 cm³/mol. The van der Waals surface area contributed by atoms with Crippen LogP contribution >= 0.6 is 7.75 Å². The first-order valence-electron chi connectivity index (χ1n) is 11.9. The fourth-order valence-electron chi connectivity index (χ4n) is 3.76. The number of alkyl halides is 1. The summed E-state index contributed by atoms with van der Waals surface area (Å²) in [6.45, 7) is 1.58. The van der Waals surface area contributed by atoms with E-state index in [9.17, 15) is 23.7 Å². The fraction of sp³-hybridized carbons (Fsp3) is 0.360. The number of hydrogen-bond acceptors (Lipinski definition) is 8. The monoisotopic (exact) mass is 549 g/mol. The molecule has 3 N–H and O–H groups in total. The number of hydrogen-bond donors (Lipinski definition) is 3. The zero-order valence-electron chi connectivity index (χ0n) is 20.6. The van der Waals surface area contributed by atoms with Crippen molar-refractivity contribution in [3.63, 3.8) is 0 Å². The second kappa shape index (κ2) is 12.6. The van der Waals surface area contributed by atoms with Crippen molar-refractivity contribution in [2.75, 3.05) is 19.8 Å². The summed E-state index contributed by atoms with van der Waals surface area (Å²) < 4.78 is 51.5. The van der Waals surface area contributed by atoms with Crippen molar-refractivity contribution in [1.29, 1.82) is 0 Å². The van der Waals surface area contributed by atoms with Gasteiger partial charge in [-0.2, -0.15) is 0 Å². The number of nitrogens with one attached hydrogen (secondary N) is 2. The zero-order chi connectivity index (χ0) is 27.1. The quantitative estimate of drug-likeness (QED) is 0.230. The van der Waals surface area contributed by atoms with Gasteiger partial charge in [0, 0.05) is 18.3 Å². The zero-order valence-corrected chi connectivity index (χ0v) is 21.5. The highest BCUT2D eigenvalue weighted by Gasteiger charge is 2.46. The number of ether oxygens (including phenoxy) is 2. The molecule has 1 unspecified atom stereocenters. The van der Waals surface area contributed by atoms with Gasteiger partial charge in [0.05, 0.1) is 19.8 Å². The van der Waals surface area contributed by atoms with Crippen LogP contribution in [0.2, 0.25) is 0 Å². The second-order valence-electron chi connectivity index (χ2n) is 8.62. The first-order valence-corrected chi connectivity index (χ1v) is 13.5. The molecule has 0 spiro atoms. The maximum Gasteiger partial charge on any atom is 0.458 e. The average Bonchev–Trinajstić information content (AvgIpc) is 3.19. The van der Waals surface area contributed by atoms with Gasteiger partial charge in [0.1, 0.15) is 18.0 Å². The van der Waals surface area contributed by atoms with Gasteiger partial charge in [-0.3, -0.25) is 18.9 Å². The molecule has 1 fully saturated rings. The number of rotatable bonds is 12. The van der Waals surface area contributed by atoms with Crippen LogP contribution in [0.25, 0.3) is 0 Å². The lowest BCUT2D eigenvalue weighted by atomic mass is 10.1. The maximum absolute atomic E-state index is 14.9. The Morgan fingerprint density at radius 3 is 2.53 bits per heavy atom. The van der Waals surface area contributed by atoms with Crippen molar-refractivity contribution >= 4 is 7.75 Å². The Morgan fingerprint density at radius 1 is 1.13 bits per heavy atom. The van der Waals surface area contributed by atoms with E-state index in [2.05, 4.69) is 10.1 Å². The number of nitrogens with zero attached hydrogens (tertiary/aromatic N) is 1. The van der Waals surface area contributed by atoms with Crippen molar-refractivity contribution < 1.29 is 32.6 Å². The summed E-state index contributed by atoms with van der Waals surface area (Å²) in [6.07, 6.45) is -5.36. The third-order valence-electron chi connectivity index (χ3n) is 5.75. The van der Waals surface area contributed by atoms with Gasteiger partial charge in [-0.15, -0.1) is 0 Å². The van der Waals surface area contributed by atoms with Crippen LogP contribution < -0.4 is 20.9 Å². The minimum absolute atomic E-state index is 0.103. The largest absolute Gasteiger partial charge is 0.458 e. The molecule has 3 aromatic rings. The third-order valence-corrected chi connectivity index (χ3v) is 7.31. The van der Waals surface area contributed by atoms with Gasteiger partial charge < -0.3 is 19.1 Å². The smallest absolute Gasteiger partial charge is 0.413 e. The summed E-state index contributed by atoms with van der Waals surface area (Å²) in [7, 11) is -4.03. The molecule has 2 aromatic carbocycles. The SMILES string of the molecule is Cc1cn([C@H]2O[C@@H](COP(=O)(NCCOCc3ccccc3)Oc3ccccc3)[C@H](O)[C@H]2F)c(=O)[nH]c1=O. The number of aliphatic hydroxyl groups is 1.